The molecule has 30 heavy (non-hydrogen) atoms. The molecule has 3 atom stereocenters. The van der Waals surface area contributed by atoms with Crippen LogP contribution in [0.5, 0.6) is 0 Å². The number of nitrogens with one attached hydrogen (secondary N) is 2. The van der Waals surface area contributed by atoms with Crippen molar-refractivity contribution in [2.24, 2.45) is 0 Å². The number of ether oxygens (including phenoxy) is 1. The van der Waals surface area contributed by atoms with Crippen LogP contribution in [0.1, 0.15) is 44.4 Å². The zero-order chi connectivity index (χ0) is 21.7. The van der Waals surface area contributed by atoms with Crippen LogP contribution in [0.4, 0.5) is 11.4 Å². The fourth-order valence-electron chi connectivity index (χ4n) is 3.84. The van der Waals surface area contributed by atoms with Crippen LogP contribution in [-0.4, -0.2) is 37.1 Å². The van der Waals surface area contributed by atoms with Crippen molar-refractivity contribution in [3.8, 4) is 0 Å². The number of carbonyl (C=O) groups excluding carboxylic acids is 2. The zero-order valence-corrected chi connectivity index (χ0v) is 18.1. The first kappa shape index (κ1) is 21.8. The Morgan fingerprint density at radius 2 is 1.63 bits per heavy atom. The molecule has 6 heteroatoms. The Morgan fingerprint density at radius 3 is 2.20 bits per heavy atom. The second kappa shape index (κ2) is 9.76. The smallest absolute Gasteiger partial charge is 0.226 e. The molecule has 1 aliphatic rings. The molecule has 0 aromatic heterocycles. The highest BCUT2D eigenvalue weighted by atomic mass is 16.5. The maximum atomic E-state index is 12.6. The predicted octanol–water partition coefficient (Wildman–Crippen LogP) is 3.81. The van der Waals surface area contributed by atoms with Crippen molar-refractivity contribution in [1.29, 1.82) is 0 Å². The maximum Gasteiger partial charge on any atom is 0.226 e. The second-order valence-electron chi connectivity index (χ2n) is 8.13. The Bertz CT molecular complexity index is 854. The summed E-state index contributed by atoms with van der Waals surface area (Å²) < 4.78 is 5.79. The predicted molar refractivity (Wildman–Crippen MR) is 120 cm³/mol. The minimum atomic E-state index is -0.362. The zero-order valence-electron chi connectivity index (χ0n) is 18.1. The standard InChI is InChI=1S/C24H31N3O3/c1-16-5-7-20(8-6-16)23(25-19(4)28)13-24(29)26-21-9-11-22(12-10-21)27-14-17(2)30-18(3)15-27/h5-12,17-18,23H,13-15H2,1-4H3,(H,25,28)(H,26,29). The van der Waals surface area contributed by atoms with Crippen molar-refractivity contribution in [2.75, 3.05) is 23.3 Å². The van der Waals surface area contributed by atoms with E-state index in [2.05, 4.69) is 29.4 Å². The van der Waals surface area contributed by atoms with Gasteiger partial charge in [0, 0.05) is 31.4 Å². The third-order valence-electron chi connectivity index (χ3n) is 5.18. The minimum Gasteiger partial charge on any atom is -0.372 e. The largest absolute Gasteiger partial charge is 0.372 e. The van der Waals surface area contributed by atoms with Crippen LogP contribution >= 0.6 is 0 Å². The normalized spacial score (nSPS) is 19.8. The number of anilines is 2. The van der Waals surface area contributed by atoms with Gasteiger partial charge in [0.15, 0.2) is 0 Å². The highest BCUT2D eigenvalue weighted by Crippen LogP contribution is 2.23. The van der Waals surface area contributed by atoms with Crippen LogP contribution in [0.25, 0.3) is 0 Å². The summed E-state index contributed by atoms with van der Waals surface area (Å²) in [4.78, 5) is 26.5. The average Bonchev–Trinajstić information content (AvgIpc) is 2.67. The average molecular weight is 410 g/mol. The molecule has 0 spiro atoms. The molecule has 0 saturated carbocycles. The number of hydrogen-bond acceptors (Lipinski definition) is 4. The molecule has 1 heterocycles. The minimum absolute atomic E-state index is 0.143. The molecule has 0 radical (unpaired) electrons. The number of aryl methyl sites for hydroxylation is 1. The Hall–Kier alpha value is -2.86. The van der Waals surface area contributed by atoms with E-state index in [-0.39, 0.29) is 36.5 Å². The molecule has 2 aromatic rings. The van der Waals surface area contributed by atoms with Crippen molar-refractivity contribution in [2.45, 2.75) is 52.4 Å². The molecule has 3 unspecified atom stereocenters. The lowest BCUT2D eigenvalue weighted by atomic mass is 10.0. The summed E-state index contributed by atoms with van der Waals surface area (Å²) in [5.74, 6) is -0.303. The third kappa shape index (κ3) is 6.07. The van der Waals surface area contributed by atoms with E-state index in [1.165, 1.54) is 6.92 Å². The van der Waals surface area contributed by atoms with Gasteiger partial charge in [-0.25, -0.2) is 0 Å². The Labute approximate surface area is 178 Å². The van der Waals surface area contributed by atoms with Crippen LogP contribution in [0.3, 0.4) is 0 Å². The van der Waals surface area contributed by atoms with E-state index >= 15 is 0 Å². The van der Waals surface area contributed by atoms with Crippen LogP contribution < -0.4 is 15.5 Å². The molecule has 6 nitrogen and oxygen atoms in total. The summed E-state index contributed by atoms with van der Waals surface area (Å²) in [6, 6.07) is 15.4. The molecule has 160 valence electrons. The number of benzene rings is 2. The van der Waals surface area contributed by atoms with E-state index in [4.69, 9.17) is 4.74 Å². The molecule has 1 saturated heterocycles. The highest BCUT2D eigenvalue weighted by molar-refractivity contribution is 5.91. The Kier molecular flexibility index (Phi) is 7.11. The van der Waals surface area contributed by atoms with Gasteiger partial charge < -0.3 is 20.3 Å². The summed E-state index contributed by atoms with van der Waals surface area (Å²) in [6.07, 6.45) is 0.560. The highest BCUT2D eigenvalue weighted by Gasteiger charge is 2.22. The van der Waals surface area contributed by atoms with Gasteiger partial charge in [0.05, 0.1) is 24.7 Å². The molecular weight excluding hydrogens is 378 g/mol. The number of morpholine rings is 1. The first-order valence-electron chi connectivity index (χ1n) is 10.4. The van der Waals surface area contributed by atoms with Crippen molar-refractivity contribution in [1.82, 2.24) is 5.32 Å². The van der Waals surface area contributed by atoms with Gasteiger partial charge in [0.25, 0.3) is 0 Å². The van der Waals surface area contributed by atoms with Gasteiger partial charge in [-0.1, -0.05) is 29.8 Å². The lowest BCUT2D eigenvalue weighted by Gasteiger charge is -2.36. The quantitative estimate of drug-likeness (QED) is 0.761. The number of carbonyl (C=O) groups is 2. The van der Waals surface area contributed by atoms with Crippen molar-refractivity contribution >= 4 is 23.2 Å². The molecule has 2 amide bonds. The summed E-state index contributed by atoms with van der Waals surface area (Å²) in [6.45, 7) is 9.33. The lowest BCUT2D eigenvalue weighted by molar-refractivity contribution is -0.120. The van der Waals surface area contributed by atoms with Gasteiger partial charge in [-0.15, -0.1) is 0 Å². The molecule has 2 N–H and O–H groups in total. The summed E-state index contributed by atoms with van der Waals surface area (Å²) in [5.41, 5.74) is 3.90. The molecular formula is C24H31N3O3. The molecule has 0 bridgehead atoms. The number of nitrogens with zero attached hydrogens (tertiary/aromatic N) is 1. The Balaban J connectivity index is 1.62. The van der Waals surface area contributed by atoms with E-state index in [1.54, 1.807) is 0 Å². The first-order valence-corrected chi connectivity index (χ1v) is 10.4. The van der Waals surface area contributed by atoms with E-state index in [0.717, 1.165) is 35.6 Å². The van der Waals surface area contributed by atoms with Gasteiger partial charge in [-0.2, -0.15) is 0 Å². The third-order valence-corrected chi connectivity index (χ3v) is 5.18. The second-order valence-corrected chi connectivity index (χ2v) is 8.13. The van der Waals surface area contributed by atoms with Crippen molar-refractivity contribution < 1.29 is 14.3 Å². The first-order chi connectivity index (χ1) is 14.3. The molecule has 3 rings (SSSR count). The molecule has 2 aromatic carbocycles. The SMILES string of the molecule is CC(=O)NC(CC(=O)Nc1ccc(N2CC(C)OC(C)C2)cc1)c1ccc(C)cc1. The summed E-state index contributed by atoms with van der Waals surface area (Å²) >= 11 is 0. The van der Waals surface area contributed by atoms with Gasteiger partial charge in [0.2, 0.25) is 11.8 Å². The fraction of sp³-hybridized carbons (Fsp3) is 0.417. The van der Waals surface area contributed by atoms with Crippen LogP contribution in [0, 0.1) is 6.92 Å². The monoisotopic (exact) mass is 409 g/mol. The van der Waals surface area contributed by atoms with Crippen molar-refractivity contribution in [3.63, 3.8) is 0 Å². The lowest BCUT2D eigenvalue weighted by Crippen LogP contribution is -2.45. The molecule has 1 aliphatic heterocycles. The number of rotatable bonds is 6. The van der Waals surface area contributed by atoms with Crippen molar-refractivity contribution in [3.05, 3.63) is 59.7 Å². The van der Waals surface area contributed by atoms with E-state index in [0.29, 0.717) is 0 Å². The molecule has 1 fully saturated rings. The fourth-order valence-corrected chi connectivity index (χ4v) is 3.84. The van der Waals surface area contributed by atoms with Crippen LogP contribution in [0.2, 0.25) is 0 Å². The van der Waals surface area contributed by atoms with Crippen LogP contribution in [0.15, 0.2) is 48.5 Å². The number of amides is 2. The van der Waals surface area contributed by atoms with Gasteiger partial charge >= 0.3 is 0 Å². The van der Waals surface area contributed by atoms with E-state index < -0.39 is 0 Å². The topological polar surface area (TPSA) is 70.7 Å². The van der Waals surface area contributed by atoms with E-state index in [9.17, 15) is 9.59 Å². The van der Waals surface area contributed by atoms with Gasteiger partial charge in [-0.05, 0) is 50.6 Å². The van der Waals surface area contributed by atoms with Gasteiger partial charge in [-0.3, -0.25) is 9.59 Å². The summed E-state index contributed by atoms with van der Waals surface area (Å²) in [5, 5.41) is 5.82. The van der Waals surface area contributed by atoms with Crippen LogP contribution in [-0.2, 0) is 14.3 Å². The summed E-state index contributed by atoms with van der Waals surface area (Å²) in [7, 11) is 0. The van der Waals surface area contributed by atoms with E-state index in [1.807, 2.05) is 55.5 Å². The molecule has 0 aliphatic carbocycles. The number of hydrogen-bond donors (Lipinski definition) is 2. The maximum absolute atomic E-state index is 12.6. The van der Waals surface area contributed by atoms with Gasteiger partial charge in [0.1, 0.15) is 0 Å². The Morgan fingerprint density at radius 1 is 1.03 bits per heavy atom.